The topological polar surface area (TPSA) is 88.2 Å². The molecule has 0 saturated heterocycles. The number of hydrogen-bond acceptors (Lipinski definition) is 5. The van der Waals surface area contributed by atoms with Crippen LogP contribution in [0, 0.1) is 11.3 Å². The van der Waals surface area contributed by atoms with E-state index in [4.69, 9.17) is 21.4 Å². The molecule has 2 heterocycles. The third-order valence-electron chi connectivity index (χ3n) is 7.78. The number of rotatable bonds is 9. The first-order valence-corrected chi connectivity index (χ1v) is 15.1. The Balaban J connectivity index is 1.38. The van der Waals surface area contributed by atoms with Crippen LogP contribution in [0.25, 0.3) is 23.0 Å². The highest BCUT2D eigenvalue weighted by molar-refractivity contribution is 6.30. The number of hydrogen-bond donors (Lipinski definition) is 0. The van der Waals surface area contributed by atoms with Crippen molar-refractivity contribution >= 4 is 29.5 Å². The zero-order chi connectivity index (χ0) is 32.0. The van der Waals surface area contributed by atoms with Crippen LogP contribution in [0.15, 0.2) is 132 Å². The molecule has 5 aromatic rings. The Morgan fingerprint density at radius 1 is 0.870 bits per heavy atom. The average molecular weight is 625 g/mol. The first-order valence-electron chi connectivity index (χ1n) is 14.8. The van der Waals surface area contributed by atoms with Gasteiger partial charge in [0.25, 0.3) is 11.8 Å². The summed E-state index contributed by atoms with van der Waals surface area (Å²) in [5.74, 6) is -0.380. The molecular formula is C38H29ClN4O3. The first-order chi connectivity index (χ1) is 22.4. The zero-order valence-corrected chi connectivity index (χ0v) is 25.8. The summed E-state index contributed by atoms with van der Waals surface area (Å²) in [6, 6.07) is 36.4. The highest BCUT2D eigenvalue weighted by atomic mass is 35.5. The maximum atomic E-state index is 13.9. The van der Waals surface area contributed by atoms with Gasteiger partial charge in [-0.05, 0) is 72.5 Å². The lowest BCUT2D eigenvalue weighted by molar-refractivity contribution is -0.140. The maximum Gasteiger partial charge on any atom is 0.271 e. The number of amides is 2. The molecule has 0 atom stereocenters. The van der Waals surface area contributed by atoms with Crippen molar-refractivity contribution in [2.24, 2.45) is 0 Å². The molecular weight excluding hydrogens is 596 g/mol. The molecule has 46 heavy (non-hydrogen) atoms. The van der Waals surface area contributed by atoms with E-state index in [0.29, 0.717) is 40.6 Å². The Bertz CT molecular complexity index is 2010. The molecule has 7 nitrogen and oxygen atoms in total. The monoisotopic (exact) mass is 624 g/mol. The minimum absolute atomic E-state index is 0.0477. The number of halogens is 1. The minimum atomic E-state index is -0.580. The molecule has 2 amide bonds. The standard InChI is InChI=1S/C38H29ClN4O3/c1-26-34(37(44)42(38(45)35(26)23-40)20-19-27-9-4-2-5-10-27)22-30-24-43(32-12-6-3-7-13-32)41-36(30)29-11-8-14-33(21-29)46-25-28-15-17-31(39)18-16-28/h2-18,21-22,24H,19-20,25H2,1H3/b34-22+. The molecule has 0 spiro atoms. The summed E-state index contributed by atoms with van der Waals surface area (Å²) in [4.78, 5) is 28.3. The molecule has 6 rings (SSSR count). The van der Waals surface area contributed by atoms with Crippen molar-refractivity contribution in [1.82, 2.24) is 14.7 Å². The van der Waals surface area contributed by atoms with Gasteiger partial charge in [-0.25, -0.2) is 4.68 Å². The SMILES string of the molecule is CC1=C(C#N)C(=O)N(CCc2ccccc2)C(=O)/C1=C/c1cn(-c2ccccc2)nc1-c1cccc(OCc2ccc(Cl)cc2)c1. The summed E-state index contributed by atoms with van der Waals surface area (Å²) in [7, 11) is 0. The van der Waals surface area contributed by atoms with E-state index in [2.05, 4.69) is 0 Å². The number of nitrogens with zero attached hydrogens (tertiary/aromatic N) is 4. The Hall–Kier alpha value is -5.71. The predicted octanol–water partition coefficient (Wildman–Crippen LogP) is 7.61. The van der Waals surface area contributed by atoms with Gasteiger partial charge in [-0.2, -0.15) is 10.4 Å². The summed E-state index contributed by atoms with van der Waals surface area (Å²) in [5, 5.41) is 15.5. The first kappa shape index (κ1) is 30.3. The smallest absolute Gasteiger partial charge is 0.271 e. The molecule has 4 aromatic carbocycles. The van der Waals surface area contributed by atoms with Gasteiger partial charge in [0.05, 0.1) is 5.69 Å². The average Bonchev–Trinajstić information content (AvgIpc) is 3.52. The molecule has 8 heteroatoms. The summed E-state index contributed by atoms with van der Waals surface area (Å²) < 4.78 is 7.84. The fourth-order valence-corrected chi connectivity index (χ4v) is 5.41. The van der Waals surface area contributed by atoms with Crippen LogP contribution in [-0.2, 0) is 22.6 Å². The Labute approximate surface area is 272 Å². The van der Waals surface area contributed by atoms with E-state index in [1.54, 1.807) is 17.7 Å². The van der Waals surface area contributed by atoms with Crippen molar-refractivity contribution in [3.05, 3.63) is 154 Å². The van der Waals surface area contributed by atoms with E-state index < -0.39 is 11.8 Å². The molecule has 1 aliphatic heterocycles. The number of imide groups is 1. The van der Waals surface area contributed by atoms with Crippen molar-refractivity contribution in [2.45, 2.75) is 20.0 Å². The molecule has 0 fully saturated rings. The number of ether oxygens (including phenoxy) is 1. The highest BCUT2D eigenvalue weighted by Crippen LogP contribution is 2.32. The van der Waals surface area contributed by atoms with Gasteiger partial charge in [-0.3, -0.25) is 14.5 Å². The van der Waals surface area contributed by atoms with Crippen molar-refractivity contribution in [1.29, 1.82) is 5.26 Å². The number of carbonyl (C=O) groups excluding carboxylic acids is 2. The molecule has 1 aliphatic rings. The number of para-hydroxylation sites is 1. The fourth-order valence-electron chi connectivity index (χ4n) is 5.28. The molecule has 0 bridgehead atoms. The van der Waals surface area contributed by atoms with E-state index in [9.17, 15) is 14.9 Å². The van der Waals surface area contributed by atoms with Crippen LogP contribution >= 0.6 is 11.6 Å². The molecule has 0 aliphatic carbocycles. The lowest BCUT2D eigenvalue weighted by atomic mass is 9.93. The van der Waals surface area contributed by atoms with Crippen LogP contribution in [0.3, 0.4) is 0 Å². The van der Waals surface area contributed by atoms with E-state index >= 15 is 0 Å². The van der Waals surface area contributed by atoms with E-state index in [0.717, 1.165) is 27.3 Å². The second-order valence-corrected chi connectivity index (χ2v) is 11.3. The summed E-state index contributed by atoms with van der Waals surface area (Å²) >= 11 is 6.03. The van der Waals surface area contributed by atoms with Gasteiger partial charge >= 0.3 is 0 Å². The largest absolute Gasteiger partial charge is 0.489 e. The van der Waals surface area contributed by atoms with Crippen molar-refractivity contribution < 1.29 is 14.3 Å². The van der Waals surface area contributed by atoms with Crippen LogP contribution in [0.5, 0.6) is 5.75 Å². The Kier molecular flexibility index (Phi) is 8.91. The predicted molar refractivity (Wildman–Crippen MR) is 178 cm³/mol. The van der Waals surface area contributed by atoms with E-state index in [1.165, 1.54) is 0 Å². The molecule has 0 radical (unpaired) electrons. The van der Waals surface area contributed by atoms with Gasteiger partial charge in [0.1, 0.15) is 29.7 Å². The second kappa shape index (κ2) is 13.5. The van der Waals surface area contributed by atoms with E-state index in [1.807, 2.05) is 121 Å². The number of aromatic nitrogens is 2. The maximum absolute atomic E-state index is 13.9. The summed E-state index contributed by atoms with van der Waals surface area (Å²) in [6.45, 7) is 2.15. The molecule has 226 valence electrons. The third kappa shape index (κ3) is 6.53. The Morgan fingerprint density at radius 2 is 1.59 bits per heavy atom. The van der Waals surface area contributed by atoms with Gasteiger partial charge in [0.15, 0.2) is 0 Å². The van der Waals surface area contributed by atoms with Crippen LogP contribution in [-0.4, -0.2) is 33.0 Å². The van der Waals surface area contributed by atoms with Crippen LogP contribution in [0.1, 0.15) is 23.6 Å². The fraction of sp³-hybridized carbons (Fsp3) is 0.105. The van der Waals surface area contributed by atoms with Crippen molar-refractivity contribution in [2.75, 3.05) is 6.54 Å². The van der Waals surface area contributed by atoms with Gasteiger partial charge in [0, 0.05) is 34.5 Å². The lowest BCUT2D eigenvalue weighted by Crippen LogP contribution is -2.43. The number of nitriles is 1. The third-order valence-corrected chi connectivity index (χ3v) is 8.03. The van der Waals surface area contributed by atoms with Gasteiger partial charge in [-0.1, -0.05) is 84.4 Å². The van der Waals surface area contributed by atoms with Gasteiger partial charge in [-0.15, -0.1) is 0 Å². The van der Waals surface area contributed by atoms with Gasteiger partial charge < -0.3 is 4.74 Å². The second-order valence-electron chi connectivity index (χ2n) is 10.8. The van der Waals surface area contributed by atoms with E-state index in [-0.39, 0.29) is 17.7 Å². The Morgan fingerprint density at radius 3 is 2.30 bits per heavy atom. The summed E-state index contributed by atoms with van der Waals surface area (Å²) in [5.41, 5.74) is 5.40. The number of carbonyl (C=O) groups is 2. The molecule has 0 unspecified atom stereocenters. The van der Waals surface area contributed by atoms with Gasteiger partial charge in [0.2, 0.25) is 0 Å². The minimum Gasteiger partial charge on any atom is -0.489 e. The van der Waals surface area contributed by atoms with Crippen LogP contribution < -0.4 is 4.74 Å². The highest BCUT2D eigenvalue weighted by Gasteiger charge is 2.35. The van der Waals surface area contributed by atoms with Crippen LogP contribution in [0.4, 0.5) is 0 Å². The van der Waals surface area contributed by atoms with Crippen molar-refractivity contribution in [3.63, 3.8) is 0 Å². The quantitative estimate of drug-likeness (QED) is 0.124. The molecule has 0 saturated carbocycles. The lowest BCUT2D eigenvalue weighted by Gasteiger charge is -2.27. The van der Waals surface area contributed by atoms with Crippen LogP contribution in [0.2, 0.25) is 5.02 Å². The van der Waals surface area contributed by atoms with Crippen molar-refractivity contribution in [3.8, 4) is 28.8 Å². The molecule has 1 aromatic heterocycles. The number of benzene rings is 4. The zero-order valence-electron chi connectivity index (χ0n) is 25.1. The normalized spacial score (nSPS) is 14.1. The molecule has 0 N–H and O–H groups in total. The summed E-state index contributed by atoms with van der Waals surface area (Å²) in [6.07, 6.45) is 4.04.